The number of nitrogens with zero attached hydrogens (tertiary/aromatic N) is 1. The largest absolute Gasteiger partial charge is 0.490 e. The van der Waals surface area contributed by atoms with E-state index in [4.69, 9.17) is 10.5 Å². The minimum atomic E-state index is 0.371. The Morgan fingerprint density at radius 3 is 2.72 bits per heavy atom. The first kappa shape index (κ1) is 13.4. The predicted octanol–water partition coefficient (Wildman–Crippen LogP) is 2.05. The molecule has 0 saturated carbocycles. The quantitative estimate of drug-likeness (QED) is 0.886. The van der Waals surface area contributed by atoms with Crippen molar-refractivity contribution in [3.05, 3.63) is 29.8 Å². The van der Waals surface area contributed by atoms with Crippen molar-refractivity contribution in [2.45, 2.75) is 31.8 Å². The summed E-state index contributed by atoms with van der Waals surface area (Å²) in [5, 5.41) is 0. The Hall–Kier alpha value is -1.06. The SMILES string of the molecule is CN1CCCC(Oc2ccc(CCN)cc2)CC1. The van der Waals surface area contributed by atoms with Gasteiger partial charge in [0, 0.05) is 6.54 Å². The van der Waals surface area contributed by atoms with Gasteiger partial charge < -0.3 is 15.4 Å². The maximum atomic E-state index is 6.06. The van der Waals surface area contributed by atoms with Gasteiger partial charge in [0.25, 0.3) is 0 Å². The highest BCUT2D eigenvalue weighted by Crippen LogP contribution is 2.19. The number of ether oxygens (including phenoxy) is 1. The second-order valence-electron chi connectivity index (χ2n) is 5.16. The Balaban J connectivity index is 1.88. The minimum absolute atomic E-state index is 0.371. The molecule has 0 spiro atoms. The average Bonchev–Trinajstić information content (AvgIpc) is 2.57. The van der Waals surface area contributed by atoms with E-state index in [0.717, 1.165) is 31.6 Å². The van der Waals surface area contributed by atoms with E-state index in [0.29, 0.717) is 12.6 Å². The van der Waals surface area contributed by atoms with E-state index >= 15 is 0 Å². The molecule has 0 aromatic heterocycles. The number of hydrogen-bond donors (Lipinski definition) is 1. The van der Waals surface area contributed by atoms with Crippen LogP contribution >= 0.6 is 0 Å². The van der Waals surface area contributed by atoms with Gasteiger partial charge >= 0.3 is 0 Å². The second-order valence-corrected chi connectivity index (χ2v) is 5.16. The molecular formula is C15H24N2O. The molecule has 3 nitrogen and oxygen atoms in total. The summed E-state index contributed by atoms with van der Waals surface area (Å²) >= 11 is 0. The zero-order chi connectivity index (χ0) is 12.8. The van der Waals surface area contributed by atoms with Crippen molar-refractivity contribution in [1.29, 1.82) is 0 Å². The van der Waals surface area contributed by atoms with Crippen molar-refractivity contribution < 1.29 is 4.74 Å². The Kier molecular flexibility index (Phi) is 5.02. The van der Waals surface area contributed by atoms with E-state index in [9.17, 15) is 0 Å². The monoisotopic (exact) mass is 248 g/mol. The van der Waals surface area contributed by atoms with Crippen molar-refractivity contribution in [3.63, 3.8) is 0 Å². The lowest BCUT2D eigenvalue weighted by molar-refractivity contribution is 0.183. The van der Waals surface area contributed by atoms with Crippen molar-refractivity contribution in [3.8, 4) is 5.75 Å². The van der Waals surface area contributed by atoms with Crippen LogP contribution in [0.2, 0.25) is 0 Å². The van der Waals surface area contributed by atoms with Crippen molar-refractivity contribution in [2.24, 2.45) is 5.73 Å². The van der Waals surface area contributed by atoms with Crippen LogP contribution in [0.4, 0.5) is 0 Å². The third-order valence-electron chi connectivity index (χ3n) is 3.56. The highest BCUT2D eigenvalue weighted by Gasteiger charge is 2.15. The zero-order valence-electron chi connectivity index (χ0n) is 11.3. The first-order valence-corrected chi connectivity index (χ1v) is 6.92. The summed E-state index contributed by atoms with van der Waals surface area (Å²) in [4.78, 5) is 2.38. The molecule has 1 atom stereocenters. The number of likely N-dealkylation sites (tertiary alicyclic amines) is 1. The van der Waals surface area contributed by atoms with Crippen LogP contribution in [0.25, 0.3) is 0 Å². The number of hydrogen-bond acceptors (Lipinski definition) is 3. The zero-order valence-corrected chi connectivity index (χ0v) is 11.3. The molecule has 18 heavy (non-hydrogen) atoms. The van der Waals surface area contributed by atoms with Crippen LogP contribution in [-0.4, -0.2) is 37.7 Å². The molecule has 100 valence electrons. The molecule has 1 heterocycles. The lowest BCUT2D eigenvalue weighted by Crippen LogP contribution is -2.21. The van der Waals surface area contributed by atoms with Gasteiger partial charge in [0.05, 0.1) is 6.10 Å². The van der Waals surface area contributed by atoms with Crippen LogP contribution in [0, 0.1) is 0 Å². The summed E-state index contributed by atoms with van der Waals surface area (Å²) < 4.78 is 6.06. The fraction of sp³-hybridized carbons (Fsp3) is 0.600. The van der Waals surface area contributed by atoms with Gasteiger partial charge in [-0.15, -0.1) is 0 Å². The van der Waals surface area contributed by atoms with Gasteiger partial charge in [-0.3, -0.25) is 0 Å². The first-order valence-electron chi connectivity index (χ1n) is 6.92. The van der Waals surface area contributed by atoms with Crippen molar-refractivity contribution >= 4 is 0 Å². The lowest BCUT2D eigenvalue weighted by atomic mass is 10.1. The predicted molar refractivity (Wildman–Crippen MR) is 75.0 cm³/mol. The van der Waals surface area contributed by atoms with Crippen LogP contribution in [-0.2, 0) is 6.42 Å². The van der Waals surface area contributed by atoms with Crippen molar-refractivity contribution in [1.82, 2.24) is 4.90 Å². The molecule has 1 saturated heterocycles. The molecule has 2 rings (SSSR count). The molecule has 3 heteroatoms. The first-order chi connectivity index (χ1) is 8.78. The lowest BCUT2D eigenvalue weighted by Gasteiger charge is -2.17. The van der Waals surface area contributed by atoms with Gasteiger partial charge in [-0.2, -0.15) is 0 Å². The molecule has 1 aromatic rings. The molecule has 0 amide bonds. The molecule has 1 aliphatic heterocycles. The Bertz CT molecular complexity index is 350. The van der Waals surface area contributed by atoms with Crippen LogP contribution in [0.3, 0.4) is 0 Å². The second kappa shape index (κ2) is 6.76. The summed E-state index contributed by atoms with van der Waals surface area (Å²) in [7, 11) is 2.18. The number of rotatable bonds is 4. The van der Waals surface area contributed by atoms with Crippen LogP contribution < -0.4 is 10.5 Å². The van der Waals surface area contributed by atoms with Gasteiger partial charge in [0.15, 0.2) is 0 Å². The average molecular weight is 248 g/mol. The Labute approximate surface area is 110 Å². The fourth-order valence-electron chi connectivity index (χ4n) is 2.42. The number of nitrogens with two attached hydrogens (primary N) is 1. The standard InChI is InChI=1S/C15H24N2O/c1-17-11-2-3-14(9-12-17)18-15-6-4-13(5-7-15)8-10-16/h4-7,14H,2-3,8-12,16H2,1H3. The minimum Gasteiger partial charge on any atom is -0.490 e. The molecule has 0 radical (unpaired) electrons. The molecular weight excluding hydrogens is 224 g/mol. The van der Waals surface area contributed by atoms with E-state index in [2.05, 4.69) is 36.2 Å². The maximum Gasteiger partial charge on any atom is 0.119 e. The van der Waals surface area contributed by atoms with Gasteiger partial charge in [-0.05, 0) is 63.5 Å². The van der Waals surface area contributed by atoms with E-state index in [1.165, 1.54) is 18.5 Å². The highest BCUT2D eigenvalue weighted by atomic mass is 16.5. The van der Waals surface area contributed by atoms with E-state index in [1.54, 1.807) is 0 Å². The van der Waals surface area contributed by atoms with E-state index in [-0.39, 0.29) is 0 Å². The summed E-state index contributed by atoms with van der Waals surface area (Å²) in [6.07, 6.45) is 4.83. The van der Waals surface area contributed by atoms with E-state index in [1.807, 2.05) is 0 Å². The van der Waals surface area contributed by atoms with E-state index < -0.39 is 0 Å². The smallest absolute Gasteiger partial charge is 0.119 e. The van der Waals surface area contributed by atoms with Crippen LogP contribution in [0.5, 0.6) is 5.75 Å². The maximum absolute atomic E-state index is 6.06. The van der Waals surface area contributed by atoms with Crippen LogP contribution in [0.15, 0.2) is 24.3 Å². The van der Waals surface area contributed by atoms with Gasteiger partial charge in [-0.1, -0.05) is 12.1 Å². The summed E-state index contributed by atoms with van der Waals surface area (Å²) in [6, 6.07) is 8.37. The molecule has 0 bridgehead atoms. The summed E-state index contributed by atoms with van der Waals surface area (Å²) in [6.45, 7) is 3.03. The molecule has 0 aliphatic carbocycles. The Morgan fingerprint density at radius 1 is 1.22 bits per heavy atom. The van der Waals surface area contributed by atoms with Crippen LogP contribution in [0.1, 0.15) is 24.8 Å². The van der Waals surface area contributed by atoms with Gasteiger partial charge in [0.2, 0.25) is 0 Å². The van der Waals surface area contributed by atoms with Gasteiger partial charge in [0.1, 0.15) is 5.75 Å². The fourth-order valence-corrected chi connectivity index (χ4v) is 2.42. The summed E-state index contributed by atoms with van der Waals surface area (Å²) in [5.41, 5.74) is 6.83. The topological polar surface area (TPSA) is 38.5 Å². The van der Waals surface area contributed by atoms with Gasteiger partial charge in [-0.25, -0.2) is 0 Å². The number of benzene rings is 1. The molecule has 2 N–H and O–H groups in total. The third kappa shape index (κ3) is 4.00. The highest BCUT2D eigenvalue weighted by molar-refractivity contribution is 5.27. The normalized spacial score (nSPS) is 21.6. The molecule has 1 aromatic carbocycles. The summed E-state index contributed by atoms with van der Waals surface area (Å²) in [5.74, 6) is 0.991. The Morgan fingerprint density at radius 2 is 2.00 bits per heavy atom. The molecule has 1 unspecified atom stereocenters. The third-order valence-corrected chi connectivity index (χ3v) is 3.56. The van der Waals surface area contributed by atoms with Crippen molar-refractivity contribution in [2.75, 3.05) is 26.7 Å². The molecule has 1 aliphatic rings. The molecule has 1 fully saturated rings.